The van der Waals surface area contributed by atoms with Crippen LogP contribution < -0.4 is 0 Å². The van der Waals surface area contributed by atoms with Crippen LogP contribution >= 0.6 is 0 Å². The molecule has 0 bridgehead atoms. The second-order valence-corrected chi connectivity index (χ2v) is 9.86. The molecule has 4 aromatic carbocycles. The van der Waals surface area contributed by atoms with Crippen molar-refractivity contribution in [2.75, 3.05) is 0 Å². The normalized spacial score (nSPS) is 11.2. The molecule has 0 amide bonds. The summed E-state index contributed by atoms with van der Waals surface area (Å²) in [4.78, 5) is 4.79. The van der Waals surface area contributed by atoms with Crippen LogP contribution in [0.25, 0.3) is 52.8 Å². The molecule has 2 heterocycles. The van der Waals surface area contributed by atoms with Crippen LogP contribution in [0, 0.1) is 0 Å². The van der Waals surface area contributed by atoms with Crippen LogP contribution in [0.5, 0.6) is 0 Å². The first-order valence-corrected chi connectivity index (χ1v) is 12.1. The van der Waals surface area contributed by atoms with Gasteiger partial charge in [0.2, 0.25) is 0 Å². The molecule has 0 aliphatic heterocycles. The quantitative estimate of drug-likeness (QED) is 0.250. The Balaban J connectivity index is 1.74. The summed E-state index contributed by atoms with van der Waals surface area (Å²) in [7, 11) is 0. The molecule has 0 atom stereocenters. The third-order valence-electron chi connectivity index (χ3n) is 5.77. The fraction of sp³-hybridized carbons (Fsp3) is 0. The van der Waals surface area contributed by atoms with E-state index in [9.17, 15) is 0 Å². The van der Waals surface area contributed by atoms with E-state index in [-0.39, 0.29) is 0 Å². The van der Waals surface area contributed by atoms with Gasteiger partial charge in [-0.3, -0.25) is 0 Å². The monoisotopic (exact) mass is 461 g/mol. The fourth-order valence-electron chi connectivity index (χ4n) is 4.41. The van der Waals surface area contributed by atoms with Crippen molar-refractivity contribution < 1.29 is 0 Å². The van der Waals surface area contributed by atoms with Gasteiger partial charge in [0, 0.05) is 0 Å². The third-order valence-corrected chi connectivity index (χ3v) is 8.15. The topological polar surface area (TPSA) is 12.9 Å². The Bertz CT molecular complexity index is 1510. The summed E-state index contributed by atoms with van der Waals surface area (Å²) < 4.78 is 2.89. The van der Waals surface area contributed by atoms with E-state index >= 15 is 0 Å². The molecule has 0 aliphatic rings. The Morgan fingerprint density at radius 1 is 0.516 bits per heavy atom. The Morgan fingerprint density at radius 2 is 1.26 bits per heavy atom. The molecule has 0 spiro atoms. The van der Waals surface area contributed by atoms with E-state index in [0.717, 1.165) is 5.69 Å². The van der Waals surface area contributed by atoms with Gasteiger partial charge in [-0.05, 0) is 0 Å². The number of nitrogens with zero attached hydrogens (tertiary/aromatic N) is 1. The average Bonchev–Trinajstić information content (AvgIpc) is 3.23. The van der Waals surface area contributed by atoms with Crippen molar-refractivity contribution in [2.24, 2.45) is 0 Å². The summed E-state index contributed by atoms with van der Waals surface area (Å²) in [6, 6.07) is 39.1. The predicted molar refractivity (Wildman–Crippen MR) is 132 cm³/mol. The predicted octanol–water partition coefficient (Wildman–Crippen LogP) is 7.45. The second-order valence-electron chi connectivity index (χ2n) is 7.59. The standard InChI is InChI=1S/C29H19NSe/c1-2-10-20(11-3-1)21-12-4-5-13-22(21)23-17-18-27-29(24-14-6-7-16-26(24)31-27)28(23)25-15-8-9-19-30-25/h1-19H. The number of benzene rings is 4. The van der Waals surface area contributed by atoms with Gasteiger partial charge < -0.3 is 0 Å². The fourth-order valence-corrected chi connectivity index (χ4v) is 6.74. The van der Waals surface area contributed by atoms with Gasteiger partial charge in [-0.15, -0.1) is 0 Å². The zero-order valence-corrected chi connectivity index (χ0v) is 18.5. The van der Waals surface area contributed by atoms with Gasteiger partial charge in [0.25, 0.3) is 0 Å². The molecule has 0 N–H and O–H groups in total. The van der Waals surface area contributed by atoms with E-state index in [4.69, 9.17) is 4.98 Å². The number of fused-ring (bicyclic) bond motifs is 3. The number of hydrogen-bond acceptors (Lipinski definition) is 1. The van der Waals surface area contributed by atoms with Gasteiger partial charge in [0.1, 0.15) is 0 Å². The summed E-state index contributed by atoms with van der Waals surface area (Å²) in [5.74, 6) is 0. The summed E-state index contributed by atoms with van der Waals surface area (Å²) in [5.41, 5.74) is 7.24. The third kappa shape index (κ3) is 3.13. The molecule has 0 unspecified atom stereocenters. The van der Waals surface area contributed by atoms with Crippen molar-refractivity contribution in [3.8, 4) is 33.5 Å². The molecule has 6 rings (SSSR count). The molecular formula is C29H19NSe. The van der Waals surface area contributed by atoms with E-state index in [1.807, 2.05) is 12.3 Å². The SMILES string of the molecule is c1ccc(-c2ccccc2-c2ccc3[se]c4ccccc4c3c2-c2ccccn2)cc1. The molecule has 31 heavy (non-hydrogen) atoms. The maximum absolute atomic E-state index is 4.79. The molecule has 2 aromatic heterocycles. The molecule has 0 radical (unpaired) electrons. The first kappa shape index (κ1) is 18.3. The van der Waals surface area contributed by atoms with Crippen molar-refractivity contribution in [3.63, 3.8) is 0 Å². The number of hydrogen-bond donors (Lipinski definition) is 0. The minimum atomic E-state index is 0.326. The van der Waals surface area contributed by atoms with Crippen molar-refractivity contribution in [1.29, 1.82) is 0 Å². The molecular weight excluding hydrogens is 441 g/mol. The summed E-state index contributed by atoms with van der Waals surface area (Å²) in [6.07, 6.45) is 1.90. The van der Waals surface area contributed by atoms with Gasteiger partial charge in [-0.2, -0.15) is 0 Å². The van der Waals surface area contributed by atoms with E-state index in [2.05, 4.69) is 103 Å². The van der Waals surface area contributed by atoms with Crippen LogP contribution in [0.4, 0.5) is 0 Å². The van der Waals surface area contributed by atoms with Crippen LogP contribution in [-0.4, -0.2) is 19.5 Å². The maximum atomic E-state index is 4.79. The second kappa shape index (κ2) is 7.67. The van der Waals surface area contributed by atoms with E-state index < -0.39 is 0 Å². The molecule has 1 nitrogen and oxygen atoms in total. The van der Waals surface area contributed by atoms with E-state index in [1.54, 1.807) is 0 Å². The Morgan fingerprint density at radius 3 is 2.10 bits per heavy atom. The van der Waals surface area contributed by atoms with Crippen molar-refractivity contribution >= 4 is 33.8 Å². The molecule has 0 saturated heterocycles. The Hall–Kier alpha value is -3.45. The Kier molecular flexibility index (Phi) is 4.53. The summed E-state index contributed by atoms with van der Waals surface area (Å²) in [6.45, 7) is 0. The number of rotatable bonds is 3. The summed E-state index contributed by atoms with van der Waals surface area (Å²) in [5, 5.41) is 2.71. The van der Waals surface area contributed by atoms with E-state index in [1.165, 1.54) is 47.1 Å². The van der Waals surface area contributed by atoms with Crippen LogP contribution in [0.3, 0.4) is 0 Å². The number of pyridine rings is 1. The van der Waals surface area contributed by atoms with Crippen LogP contribution in [0.2, 0.25) is 0 Å². The first-order valence-electron chi connectivity index (χ1n) is 10.4. The van der Waals surface area contributed by atoms with Crippen LogP contribution in [0.1, 0.15) is 0 Å². The molecule has 0 aliphatic carbocycles. The average molecular weight is 460 g/mol. The molecule has 6 aromatic rings. The van der Waals surface area contributed by atoms with Gasteiger partial charge >= 0.3 is 188 Å². The van der Waals surface area contributed by atoms with Crippen LogP contribution in [0.15, 0.2) is 115 Å². The zero-order chi connectivity index (χ0) is 20.6. The summed E-state index contributed by atoms with van der Waals surface area (Å²) >= 11 is 0.326. The van der Waals surface area contributed by atoms with Gasteiger partial charge in [0.05, 0.1) is 0 Å². The van der Waals surface area contributed by atoms with E-state index in [0.29, 0.717) is 14.5 Å². The van der Waals surface area contributed by atoms with Crippen molar-refractivity contribution in [3.05, 3.63) is 115 Å². The van der Waals surface area contributed by atoms with Crippen LogP contribution in [-0.2, 0) is 0 Å². The van der Waals surface area contributed by atoms with Gasteiger partial charge in [-0.25, -0.2) is 0 Å². The van der Waals surface area contributed by atoms with Gasteiger partial charge in [-0.1, -0.05) is 0 Å². The van der Waals surface area contributed by atoms with Crippen molar-refractivity contribution in [2.45, 2.75) is 0 Å². The van der Waals surface area contributed by atoms with Gasteiger partial charge in [0.15, 0.2) is 0 Å². The Labute approximate surface area is 187 Å². The van der Waals surface area contributed by atoms with Crippen molar-refractivity contribution in [1.82, 2.24) is 4.98 Å². The minimum absolute atomic E-state index is 0.326. The number of aromatic nitrogens is 1. The molecule has 2 heteroatoms. The molecule has 146 valence electrons. The molecule has 0 saturated carbocycles. The molecule has 0 fully saturated rings. The first-order chi connectivity index (χ1) is 15.4. The zero-order valence-electron chi connectivity index (χ0n) is 16.8.